The summed E-state index contributed by atoms with van der Waals surface area (Å²) in [5.41, 5.74) is 1.10. The number of aromatic nitrogens is 2. The van der Waals surface area contributed by atoms with Gasteiger partial charge >= 0.3 is 0 Å². The van der Waals surface area contributed by atoms with Crippen LogP contribution >= 0.6 is 0 Å². The molecule has 1 rings (SSSR count). The number of aromatic amines is 1. The lowest BCUT2D eigenvalue weighted by molar-refractivity contribution is 0.386. The van der Waals surface area contributed by atoms with Gasteiger partial charge in [-0.1, -0.05) is 0 Å². The van der Waals surface area contributed by atoms with Crippen LogP contribution in [0, 0.1) is 5.41 Å². The van der Waals surface area contributed by atoms with E-state index in [0.29, 0.717) is 12.3 Å². The van der Waals surface area contributed by atoms with E-state index in [1.54, 1.807) is 6.20 Å². The summed E-state index contributed by atoms with van der Waals surface area (Å²) in [6, 6.07) is 0. The summed E-state index contributed by atoms with van der Waals surface area (Å²) in [5.74, 6) is 0.311. The van der Waals surface area contributed by atoms with E-state index >= 15 is 0 Å². The van der Waals surface area contributed by atoms with Crippen LogP contribution in [0.3, 0.4) is 0 Å². The standard InChI is InChI=1S/C7H11N3O/c1-11-7(8)3-2-6-4-9-10-5-6/h4-5,8H,2-3H2,1H3,(H,9,10). The Morgan fingerprint density at radius 1 is 1.82 bits per heavy atom. The summed E-state index contributed by atoms with van der Waals surface area (Å²) in [5, 5.41) is 13.7. The first kappa shape index (κ1) is 7.78. The Labute approximate surface area is 65.1 Å². The molecule has 0 fully saturated rings. The van der Waals surface area contributed by atoms with Crippen LogP contribution in [0.4, 0.5) is 0 Å². The number of hydrogen-bond donors (Lipinski definition) is 2. The highest BCUT2D eigenvalue weighted by Gasteiger charge is 1.97. The quantitative estimate of drug-likeness (QED) is 0.502. The average Bonchev–Trinajstić information content (AvgIpc) is 2.52. The SMILES string of the molecule is COC(=N)CCc1cn[nH]c1. The summed E-state index contributed by atoms with van der Waals surface area (Å²) in [7, 11) is 1.51. The van der Waals surface area contributed by atoms with Crippen molar-refractivity contribution >= 4 is 5.90 Å². The molecule has 0 atom stereocenters. The van der Waals surface area contributed by atoms with Crippen molar-refractivity contribution in [3.8, 4) is 0 Å². The fraction of sp³-hybridized carbons (Fsp3) is 0.429. The molecule has 0 aromatic carbocycles. The molecular weight excluding hydrogens is 142 g/mol. The lowest BCUT2D eigenvalue weighted by Crippen LogP contribution is -2.00. The van der Waals surface area contributed by atoms with Gasteiger partial charge in [0, 0.05) is 12.6 Å². The highest BCUT2D eigenvalue weighted by atomic mass is 16.5. The van der Waals surface area contributed by atoms with Gasteiger partial charge in [-0.2, -0.15) is 5.10 Å². The van der Waals surface area contributed by atoms with E-state index in [1.165, 1.54) is 7.11 Å². The summed E-state index contributed by atoms with van der Waals surface area (Å²) in [4.78, 5) is 0. The van der Waals surface area contributed by atoms with Crippen LogP contribution in [0.1, 0.15) is 12.0 Å². The van der Waals surface area contributed by atoms with Gasteiger partial charge in [0.15, 0.2) is 5.90 Å². The van der Waals surface area contributed by atoms with Gasteiger partial charge in [-0.25, -0.2) is 0 Å². The van der Waals surface area contributed by atoms with Gasteiger partial charge in [0.1, 0.15) is 0 Å². The molecule has 2 N–H and O–H groups in total. The molecular formula is C7H11N3O. The van der Waals surface area contributed by atoms with E-state index < -0.39 is 0 Å². The number of methoxy groups -OCH3 is 1. The van der Waals surface area contributed by atoms with Crippen molar-refractivity contribution < 1.29 is 4.74 Å². The Kier molecular flexibility index (Phi) is 2.66. The second kappa shape index (κ2) is 3.75. The molecule has 0 radical (unpaired) electrons. The first-order chi connectivity index (χ1) is 5.33. The number of hydrogen-bond acceptors (Lipinski definition) is 3. The maximum atomic E-state index is 7.19. The average molecular weight is 153 g/mol. The fourth-order valence-corrected chi connectivity index (χ4v) is 0.774. The van der Waals surface area contributed by atoms with E-state index in [2.05, 4.69) is 10.2 Å². The molecule has 0 aliphatic rings. The van der Waals surface area contributed by atoms with Crippen molar-refractivity contribution in [2.45, 2.75) is 12.8 Å². The highest BCUT2D eigenvalue weighted by Crippen LogP contribution is 1.99. The third-order valence-corrected chi connectivity index (χ3v) is 1.44. The van der Waals surface area contributed by atoms with E-state index in [0.717, 1.165) is 12.0 Å². The van der Waals surface area contributed by atoms with Crippen LogP contribution in [-0.4, -0.2) is 23.2 Å². The second-order valence-electron chi connectivity index (χ2n) is 2.23. The van der Waals surface area contributed by atoms with Crippen molar-refractivity contribution in [1.82, 2.24) is 10.2 Å². The van der Waals surface area contributed by atoms with Crippen LogP contribution in [-0.2, 0) is 11.2 Å². The largest absolute Gasteiger partial charge is 0.484 e. The third kappa shape index (κ3) is 2.41. The number of rotatable bonds is 3. The minimum Gasteiger partial charge on any atom is -0.484 e. The number of H-pyrrole nitrogens is 1. The normalized spacial score (nSPS) is 9.55. The number of ether oxygens (including phenoxy) is 1. The maximum absolute atomic E-state index is 7.19. The minimum absolute atomic E-state index is 0.311. The summed E-state index contributed by atoms with van der Waals surface area (Å²) in [6.45, 7) is 0. The summed E-state index contributed by atoms with van der Waals surface area (Å²) in [6.07, 6.45) is 5.02. The molecule has 0 amide bonds. The first-order valence-corrected chi connectivity index (χ1v) is 3.42. The van der Waals surface area contributed by atoms with Gasteiger partial charge in [-0.05, 0) is 12.0 Å². The third-order valence-electron chi connectivity index (χ3n) is 1.44. The number of nitrogens with zero attached hydrogens (tertiary/aromatic N) is 1. The molecule has 60 valence electrons. The zero-order chi connectivity index (χ0) is 8.10. The smallest absolute Gasteiger partial charge is 0.180 e. The lowest BCUT2D eigenvalue weighted by atomic mass is 10.2. The molecule has 4 nitrogen and oxygen atoms in total. The molecule has 0 unspecified atom stereocenters. The van der Waals surface area contributed by atoms with Crippen molar-refractivity contribution in [1.29, 1.82) is 5.41 Å². The molecule has 1 heterocycles. The molecule has 0 aliphatic heterocycles. The van der Waals surface area contributed by atoms with E-state index in [4.69, 9.17) is 10.1 Å². The molecule has 11 heavy (non-hydrogen) atoms. The topological polar surface area (TPSA) is 61.8 Å². The monoisotopic (exact) mass is 153 g/mol. The van der Waals surface area contributed by atoms with Gasteiger partial charge in [-0.15, -0.1) is 0 Å². The van der Waals surface area contributed by atoms with Gasteiger partial charge < -0.3 is 4.74 Å². The molecule has 1 aromatic rings. The number of aryl methyl sites for hydroxylation is 1. The van der Waals surface area contributed by atoms with E-state index in [9.17, 15) is 0 Å². The van der Waals surface area contributed by atoms with Crippen LogP contribution in [0.5, 0.6) is 0 Å². The Balaban J connectivity index is 2.29. The first-order valence-electron chi connectivity index (χ1n) is 3.42. The van der Waals surface area contributed by atoms with Crippen LogP contribution in [0.2, 0.25) is 0 Å². The van der Waals surface area contributed by atoms with Crippen LogP contribution in [0.15, 0.2) is 12.4 Å². The fourth-order valence-electron chi connectivity index (χ4n) is 0.774. The lowest BCUT2D eigenvalue weighted by Gasteiger charge is -1.98. The molecule has 4 heteroatoms. The van der Waals surface area contributed by atoms with E-state index in [1.807, 2.05) is 6.20 Å². The predicted molar refractivity (Wildman–Crippen MR) is 41.6 cm³/mol. The molecule has 0 spiro atoms. The number of nitrogens with one attached hydrogen (secondary N) is 2. The highest BCUT2D eigenvalue weighted by molar-refractivity contribution is 5.72. The zero-order valence-electron chi connectivity index (χ0n) is 6.42. The maximum Gasteiger partial charge on any atom is 0.180 e. The van der Waals surface area contributed by atoms with Crippen molar-refractivity contribution in [3.63, 3.8) is 0 Å². The van der Waals surface area contributed by atoms with Gasteiger partial charge in [0.2, 0.25) is 0 Å². The Morgan fingerprint density at radius 3 is 3.18 bits per heavy atom. The van der Waals surface area contributed by atoms with Gasteiger partial charge in [-0.3, -0.25) is 10.5 Å². The summed E-state index contributed by atoms with van der Waals surface area (Å²) >= 11 is 0. The Hall–Kier alpha value is -1.32. The molecule has 1 aromatic heterocycles. The van der Waals surface area contributed by atoms with Crippen LogP contribution in [0.25, 0.3) is 0 Å². The molecule has 0 bridgehead atoms. The van der Waals surface area contributed by atoms with Gasteiger partial charge in [0.25, 0.3) is 0 Å². The molecule has 0 aliphatic carbocycles. The van der Waals surface area contributed by atoms with Crippen molar-refractivity contribution in [2.24, 2.45) is 0 Å². The van der Waals surface area contributed by atoms with Crippen molar-refractivity contribution in [2.75, 3.05) is 7.11 Å². The molecule has 0 saturated carbocycles. The van der Waals surface area contributed by atoms with E-state index in [-0.39, 0.29) is 0 Å². The Morgan fingerprint density at radius 2 is 2.64 bits per heavy atom. The molecule has 0 saturated heterocycles. The van der Waals surface area contributed by atoms with Crippen molar-refractivity contribution in [3.05, 3.63) is 18.0 Å². The summed E-state index contributed by atoms with van der Waals surface area (Å²) < 4.78 is 4.70. The predicted octanol–water partition coefficient (Wildman–Crippen LogP) is 0.966. The van der Waals surface area contributed by atoms with Crippen LogP contribution < -0.4 is 0 Å². The Bertz CT molecular complexity index is 218. The minimum atomic E-state index is 0.311. The second-order valence-corrected chi connectivity index (χ2v) is 2.23. The van der Waals surface area contributed by atoms with Gasteiger partial charge in [0.05, 0.1) is 13.3 Å². The zero-order valence-corrected chi connectivity index (χ0v) is 6.42.